The molecule has 3 aromatic carbocycles. The van der Waals surface area contributed by atoms with Gasteiger partial charge in [-0.1, -0.05) is 72.8 Å². The Balaban J connectivity index is 1.49. The zero-order valence-electron chi connectivity index (χ0n) is 13.9. The SMILES string of the molecule is O=C(CSCc1ccccc1)NCC(O)c1cccc2ccccc12. The number of amides is 1. The molecule has 0 spiro atoms. The van der Waals surface area contributed by atoms with E-state index in [0.29, 0.717) is 5.75 Å². The zero-order chi connectivity index (χ0) is 17.5. The lowest BCUT2D eigenvalue weighted by Crippen LogP contribution is -2.29. The van der Waals surface area contributed by atoms with E-state index in [0.717, 1.165) is 22.1 Å². The fraction of sp³-hybridized carbons (Fsp3) is 0.190. The van der Waals surface area contributed by atoms with Gasteiger partial charge in [0.25, 0.3) is 0 Å². The van der Waals surface area contributed by atoms with Gasteiger partial charge in [0.15, 0.2) is 0 Å². The molecule has 0 radical (unpaired) electrons. The van der Waals surface area contributed by atoms with Crippen molar-refractivity contribution in [2.24, 2.45) is 0 Å². The standard InChI is InChI=1S/C21H21NO2S/c23-20(19-12-6-10-17-9-4-5-11-18(17)19)13-22-21(24)15-25-14-16-7-2-1-3-8-16/h1-12,20,23H,13-15H2,(H,22,24). The zero-order valence-corrected chi connectivity index (χ0v) is 14.7. The lowest BCUT2D eigenvalue weighted by atomic mass is 10.0. The minimum Gasteiger partial charge on any atom is -0.387 e. The lowest BCUT2D eigenvalue weighted by molar-refractivity contribution is -0.119. The molecule has 3 nitrogen and oxygen atoms in total. The molecule has 3 rings (SSSR count). The van der Waals surface area contributed by atoms with E-state index < -0.39 is 6.10 Å². The number of aliphatic hydroxyl groups is 1. The van der Waals surface area contributed by atoms with Crippen LogP contribution in [0.2, 0.25) is 0 Å². The van der Waals surface area contributed by atoms with Gasteiger partial charge in [-0.25, -0.2) is 0 Å². The number of nitrogens with one attached hydrogen (secondary N) is 1. The third-order valence-corrected chi connectivity index (χ3v) is 5.02. The Kier molecular flexibility index (Phi) is 6.09. The molecule has 0 saturated carbocycles. The van der Waals surface area contributed by atoms with E-state index >= 15 is 0 Å². The topological polar surface area (TPSA) is 49.3 Å². The first-order valence-corrected chi connectivity index (χ1v) is 9.43. The number of hydrogen-bond donors (Lipinski definition) is 2. The summed E-state index contributed by atoms with van der Waals surface area (Å²) in [6.07, 6.45) is -0.714. The van der Waals surface area contributed by atoms with Crippen LogP contribution in [0.5, 0.6) is 0 Å². The molecule has 0 saturated heterocycles. The number of carbonyl (C=O) groups excluding carboxylic acids is 1. The van der Waals surface area contributed by atoms with Crippen LogP contribution in [-0.4, -0.2) is 23.3 Å². The van der Waals surface area contributed by atoms with Gasteiger partial charge in [-0.2, -0.15) is 0 Å². The third kappa shape index (κ3) is 4.84. The summed E-state index contributed by atoms with van der Waals surface area (Å²) in [5.41, 5.74) is 2.05. The maximum atomic E-state index is 12.0. The van der Waals surface area contributed by atoms with Crippen LogP contribution in [0, 0.1) is 0 Å². The predicted molar refractivity (Wildman–Crippen MR) is 105 cm³/mol. The largest absolute Gasteiger partial charge is 0.387 e. The summed E-state index contributed by atoms with van der Waals surface area (Å²) in [5.74, 6) is 1.14. The third-order valence-electron chi connectivity index (χ3n) is 4.02. The van der Waals surface area contributed by atoms with Crippen molar-refractivity contribution < 1.29 is 9.90 Å². The molecule has 1 atom stereocenters. The number of aliphatic hydroxyl groups excluding tert-OH is 1. The second-order valence-electron chi connectivity index (χ2n) is 5.87. The molecule has 0 heterocycles. The maximum absolute atomic E-state index is 12.0. The first-order valence-electron chi connectivity index (χ1n) is 8.28. The molecule has 0 fully saturated rings. The van der Waals surface area contributed by atoms with Crippen LogP contribution < -0.4 is 5.32 Å². The van der Waals surface area contributed by atoms with Gasteiger partial charge in [0.1, 0.15) is 0 Å². The molecule has 0 aliphatic heterocycles. The van der Waals surface area contributed by atoms with Crippen LogP contribution in [0.3, 0.4) is 0 Å². The first kappa shape index (κ1) is 17.5. The average molecular weight is 351 g/mol. The first-order chi connectivity index (χ1) is 12.2. The number of benzene rings is 3. The van der Waals surface area contributed by atoms with Crippen molar-refractivity contribution in [2.75, 3.05) is 12.3 Å². The Hall–Kier alpha value is -2.30. The molecule has 0 bridgehead atoms. The van der Waals surface area contributed by atoms with Crippen LogP contribution in [0.15, 0.2) is 72.8 Å². The van der Waals surface area contributed by atoms with Crippen LogP contribution in [-0.2, 0) is 10.5 Å². The van der Waals surface area contributed by atoms with E-state index in [1.807, 2.05) is 60.7 Å². The number of thioether (sulfide) groups is 1. The highest BCUT2D eigenvalue weighted by Crippen LogP contribution is 2.23. The second-order valence-corrected chi connectivity index (χ2v) is 6.85. The van der Waals surface area contributed by atoms with E-state index in [4.69, 9.17) is 0 Å². The Morgan fingerprint density at radius 3 is 2.52 bits per heavy atom. The van der Waals surface area contributed by atoms with Crippen molar-refractivity contribution in [3.63, 3.8) is 0 Å². The normalized spacial score (nSPS) is 12.0. The summed E-state index contributed by atoms with van der Waals surface area (Å²) >= 11 is 1.57. The Morgan fingerprint density at radius 1 is 0.960 bits per heavy atom. The highest BCUT2D eigenvalue weighted by Gasteiger charge is 2.12. The summed E-state index contributed by atoms with van der Waals surface area (Å²) in [5, 5.41) is 15.4. The predicted octanol–water partition coefficient (Wildman–Crippen LogP) is 3.92. The van der Waals surface area contributed by atoms with Crippen LogP contribution in [0.1, 0.15) is 17.2 Å². The van der Waals surface area contributed by atoms with Gasteiger partial charge in [0.05, 0.1) is 11.9 Å². The van der Waals surface area contributed by atoms with Crippen LogP contribution >= 0.6 is 11.8 Å². The summed E-state index contributed by atoms with van der Waals surface area (Å²) < 4.78 is 0. The van der Waals surface area contributed by atoms with E-state index in [1.165, 1.54) is 5.56 Å². The monoisotopic (exact) mass is 351 g/mol. The summed E-state index contributed by atoms with van der Waals surface area (Å²) in [6, 6.07) is 23.9. The summed E-state index contributed by atoms with van der Waals surface area (Å²) in [6.45, 7) is 0.221. The highest BCUT2D eigenvalue weighted by molar-refractivity contribution is 7.99. The number of carbonyl (C=O) groups is 1. The lowest BCUT2D eigenvalue weighted by Gasteiger charge is -2.14. The molecule has 0 aliphatic rings. The van der Waals surface area contributed by atoms with Gasteiger partial charge in [-0.3, -0.25) is 4.79 Å². The van der Waals surface area contributed by atoms with Gasteiger partial charge in [-0.05, 0) is 21.9 Å². The molecule has 1 amide bonds. The number of hydrogen-bond acceptors (Lipinski definition) is 3. The van der Waals surface area contributed by atoms with E-state index in [9.17, 15) is 9.90 Å². The van der Waals surface area contributed by atoms with Gasteiger partial charge in [-0.15, -0.1) is 11.8 Å². The van der Waals surface area contributed by atoms with Crippen molar-refractivity contribution in [2.45, 2.75) is 11.9 Å². The van der Waals surface area contributed by atoms with Gasteiger partial charge in [0.2, 0.25) is 5.91 Å². The Morgan fingerprint density at radius 2 is 1.68 bits per heavy atom. The molecule has 2 N–H and O–H groups in total. The van der Waals surface area contributed by atoms with Crippen molar-refractivity contribution in [1.82, 2.24) is 5.32 Å². The number of rotatable bonds is 7. The molecule has 1 unspecified atom stereocenters. The summed E-state index contributed by atoms with van der Waals surface area (Å²) in [4.78, 5) is 12.0. The Bertz CT molecular complexity index is 830. The molecule has 128 valence electrons. The van der Waals surface area contributed by atoms with Crippen molar-refractivity contribution in [1.29, 1.82) is 0 Å². The minimum absolute atomic E-state index is 0.0554. The molecule has 3 aromatic rings. The average Bonchev–Trinajstić information content (AvgIpc) is 2.66. The molecule has 4 heteroatoms. The van der Waals surface area contributed by atoms with E-state index in [-0.39, 0.29) is 12.5 Å². The van der Waals surface area contributed by atoms with Crippen molar-refractivity contribution in [3.05, 3.63) is 83.9 Å². The Labute approximate surface area is 152 Å². The minimum atomic E-state index is -0.714. The summed E-state index contributed by atoms with van der Waals surface area (Å²) in [7, 11) is 0. The van der Waals surface area contributed by atoms with Crippen molar-refractivity contribution >= 4 is 28.4 Å². The van der Waals surface area contributed by atoms with Gasteiger partial charge in [0, 0.05) is 12.3 Å². The quantitative estimate of drug-likeness (QED) is 0.678. The molecular weight excluding hydrogens is 330 g/mol. The van der Waals surface area contributed by atoms with E-state index in [2.05, 4.69) is 17.4 Å². The number of fused-ring (bicyclic) bond motifs is 1. The molecule has 0 aliphatic carbocycles. The fourth-order valence-electron chi connectivity index (χ4n) is 2.75. The maximum Gasteiger partial charge on any atom is 0.230 e. The molecule has 0 aromatic heterocycles. The molecular formula is C21H21NO2S. The van der Waals surface area contributed by atoms with Gasteiger partial charge >= 0.3 is 0 Å². The molecule has 25 heavy (non-hydrogen) atoms. The smallest absolute Gasteiger partial charge is 0.230 e. The van der Waals surface area contributed by atoms with E-state index in [1.54, 1.807) is 11.8 Å². The highest BCUT2D eigenvalue weighted by atomic mass is 32.2. The fourth-order valence-corrected chi connectivity index (χ4v) is 3.57. The van der Waals surface area contributed by atoms with Gasteiger partial charge < -0.3 is 10.4 Å². The second kappa shape index (κ2) is 8.70. The van der Waals surface area contributed by atoms with Crippen LogP contribution in [0.25, 0.3) is 10.8 Å². The van der Waals surface area contributed by atoms with Crippen LogP contribution in [0.4, 0.5) is 0 Å². The van der Waals surface area contributed by atoms with Crippen molar-refractivity contribution in [3.8, 4) is 0 Å².